The molecule has 3 aromatic rings. The minimum atomic E-state index is 0.532. The highest BCUT2D eigenvalue weighted by Crippen LogP contribution is 2.24. The molecule has 2 aromatic heterocycles. The summed E-state index contributed by atoms with van der Waals surface area (Å²) in [7, 11) is 0. The first-order chi connectivity index (χ1) is 10.2. The summed E-state index contributed by atoms with van der Waals surface area (Å²) in [5.74, 6) is 0.532. The molecule has 0 fully saturated rings. The second-order valence-electron chi connectivity index (χ2n) is 4.65. The summed E-state index contributed by atoms with van der Waals surface area (Å²) in [5.41, 5.74) is 10.3. The van der Waals surface area contributed by atoms with Gasteiger partial charge in [-0.15, -0.1) is 0 Å². The Morgan fingerprint density at radius 3 is 2.76 bits per heavy atom. The second kappa shape index (κ2) is 5.58. The highest BCUT2D eigenvalue weighted by molar-refractivity contribution is 5.67. The van der Waals surface area contributed by atoms with Crippen LogP contribution >= 0.6 is 0 Å². The number of nitrogens with two attached hydrogens (primary N) is 1. The van der Waals surface area contributed by atoms with Gasteiger partial charge in [-0.1, -0.05) is 6.07 Å². The van der Waals surface area contributed by atoms with E-state index in [0.29, 0.717) is 5.95 Å². The van der Waals surface area contributed by atoms with Crippen molar-refractivity contribution in [1.82, 2.24) is 15.0 Å². The number of aromatic nitrogens is 3. The quantitative estimate of drug-likeness (QED) is 0.719. The van der Waals surface area contributed by atoms with Crippen LogP contribution in [0.1, 0.15) is 5.56 Å². The molecule has 21 heavy (non-hydrogen) atoms. The van der Waals surface area contributed by atoms with Crippen LogP contribution in [0.2, 0.25) is 0 Å². The largest absolute Gasteiger partial charge is 0.398 e. The number of nitrogens with zero attached hydrogens (tertiary/aromatic N) is 3. The average Bonchev–Trinajstić information content (AvgIpc) is 2.53. The molecule has 0 saturated carbocycles. The Bertz CT molecular complexity index is 756. The standard InChI is InChI=1S/C16H15N5/c1-11-13(17)5-2-6-14(11)20-16-19-9-7-15(21-16)12-4-3-8-18-10-12/h2-10H,17H2,1H3,(H,19,20,21). The molecule has 0 radical (unpaired) electrons. The number of rotatable bonds is 3. The third kappa shape index (κ3) is 2.81. The van der Waals surface area contributed by atoms with Crippen molar-refractivity contribution in [2.24, 2.45) is 0 Å². The van der Waals surface area contributed by atoms with Crippen LogP contribution in [-0.4, -0.2) is 15.0 Å². The smallest absolute Gasteiger partial charge is 0.227 e. The molecule has 0 bridgehead atoms. The summed E-state index contributed by atoms with van der Waals surface area (Å²) >= 11 is 0. The normalized spacial score (nSPS) is 10.3. The lowest BCUT2D eigenvalue weighted by Crippen LogP contribution is -2.01. The molecule has 2 heterocycles. The van der Waals surface area contributed by atoms with Crippen molar-refractivity contribution in [3.63, 3.8) is 0 Å². The van der Waals surface area contributed by atoms with E-state index >= 15 is 0 Å². The molecule has 3 N–H and O–H groups in total. The maximum absolute atomic E-state index is 5.91. The Kier molecular flexibility index (Phi) is 3.47. The molecule has 0 aliphatic heterocycles. The van der Waals surface area contributed by atoms with Crippen molar-refractivity contribution in [1.29, 1.82) is 0 Å². The zero-order chi connectivity index (χ0) is 14.7. The van der Waals surface area contributed by atoms with Gasteiger partial charge in [-0.2, -0.15) is 0 Å². The molecule has 5 heteroatoms. The first-order valence-corrected chi connectivity index (χ1v) is 6.59. The third-order valence-corrected chi connectivity index (χ3v) is 3.24. The Balaban J connectivity index is 1.92. The van der Waals surface area contributed by atoms with Crippen molar-refractivity contribution in [2.45, 2.75) is 6.92 Å². The first-order valence-electron chi connectivity index (χ1n) is 6.59. The topological polar surface area (TPSA) is 76.7 Å². The molecular weight excluding hydrogens is 262 g/mol. The minimum absolute atomic E-state index is 0.532. The molecule has 5 nitrogen and oxygen atoms in total. The van der Waals surface area contributed by atoms with Gasteiger partial charge in [0.2, 0.25) is 5.95 Å². The first kappa shape index (κ1) is 13.1. The molecule has 3 rings (SSSR count). The molecule has 0 amide bonds. The highest BCUT2D eigenvalue weighted by Gasteiger charge is 2.05. The van der Waals surface area contributed by atoms with Gasteiger partial charge in [0.05, 0.1) is 5.69 Å². The number of benzene rings is 1. The second-order valence-corrected chi connectivity index (χ2v) is 4.65. The molecule has 0 aliphatic rings. The van der Waals surface area contributed by atoms with Crippen LogP contribution in [-0.2, 0) is 0 Å². The van der Waals surface area contributed by atoms with E-state index < -0.39 is 0 Å². The molecule has 0 atom stereocenters. The minimum Gasteiger partial charge on any atom is -0.398 e. The zero-order valence-corrected chi connectivity index (χ0v) is 11.6. The molecule has 0 spiro atoms. The number of nitrogen functional groups attached to an aromatic ring is 1. The van der Waals surface area contributed by atoms with E-state index in [4.69, 9.17) is 5.73 Å². The number of nitrogens with one attached hydrogen (secondary N) is 1. The molecule has 1 aromatic carbocycles. The van der Waals surface area contributed by atoms with Gasteiger partial charge in [-0.25, -0.2) is 9.97 Å². The SMILES string of the molecule is Cc1c(N)cccc1Nc1nccc(-c2cccnc2)n1. The van der Waals surface area contributed by atoms with Crippen LogP contribution in [0.4, 0.5) is 17.3 Å². The lowest BCUT2D eigenvalue weighted by molar-refractivity contribution is 1.16. The summed E-state index contributed by atoms with van der Waals surface area (Å²) in [6.07, 6.45) is 5.23. The lowest BCUT2D eigenvalue weighted by atomic mass is 10.1. The summed E-state index contributed by atoms with van der Waals surface area (Å²) in [6, 6.07) is 11.4. The maximum atomic E-state index is 5.91. The number of hydrogen-bond donors (Lipinski definition) is 2. The van der Waals surface area contributed by atoms with Crippen molar-refractivity contribution in [3.8, 4) is 11.3 Å². The average molecular weight is 277 g/mol. The summed E-state index contributed by atoms with van der Waals surface area (Å²) < 4.78 is 0. The molecule has 0 aliphatic carbocycles. The Labute approximate surface area is 122 Å². The predicted octanol–water partition coefficient (Wildman–Crippen LogP) is 3.17. The monoisotopic (exact) mass is 277 g/mol. The van der Waals surface area contributed by atoms with Gasteiger partial charge >= 0.3 is 0 Å². The summed E-state index contributed by atoms with van der Waals surface area (Å²) in [4.78, 5) is 12.9. The van der Waals surface area contributed by atoms with Gasteiger partial charge in [0.25, 0.3) is 0 Å². The number of pyridine rings is 1. The van der Waals surface area contributed by atoms with Crippen LogP contribution in [0, 0.1) is 6.92 Å². The molecule has 0 saturated heterocycles. The lowest BCUT2D eigenvalue weighted by Gasteiger charge is -2.10. The summed E-state index contributed by atoms with van der Waals surface area (Å²) in [5, 5.41) is 3.20. The Hall–Kier alpha value is -2.95. The van der Waals surface area contributed by atoms with Crippen molar-refractivity contribution >= 4 is 17.3 Å². The van der Waals surface area contributed by atoms with E-state index in [1.165, 1.54) is 0 Å². The number of anilines is 3. The van der Waals surface area contributed by atoms with Gasteiger partial charge in [0, 0.05) is 35.5 Å². The van der Waals surface area contributed by atoms with E-state index in [1.54, 1.807) is 18.6 Å². The van der Waals surface area contributed by atoms with E-state index in [2.05, 4.69) is 20.3 Å². The van der Waals surface area contributed by atoms with E-state index in [0.717, 1.165) is 28.2 Å². The van der Waals surface area contributed by atoms with Crippen LogP contribution < -0.4 is 11.1 Å². The van der Waals surface area contributed by atoms with Crippen molar-refractivity contribution < 1.29 is 0 Å². The molecule has 104 valence electrons. The van der Waals surface area contributed by atoms with E-state index in [9.17, 15) is 0 Å². The predicted molar refractivity (Wildman–Crippen MR) is 84.1 cm³/mol. The zero-order valence-electron chi connectivity index (χ0n) is 11.6. The van der Waals surface area contributed by atoms with Gasteiger partial charge in [-0.3, -0.25) is 4.98 Å². The van der Waals surface area contributed by atoms with Crippen LogP contribution in [0.5, 0.6) is 0 Å². The highest BCUT2D eigenvalue weighted by atomic mass is 15.1. The van der Waals surface area contributed by atoms with Gasteiger partial charge in [0.15, 0.2) is 0 Å². The van der Waals surface area contributed by atoms with Crippen molar-refractivity contribution in [3.05, 3.63) is 60.6 Å². The fourth-order valence-corrected chi connectivity index (χ4v) is 2.00. The van der Waals surface area contributed by atoms with Gasteiger partial charge < -0.3 is 11.1 Å². The van der Waals surface area contributed by atoms with Gasteiger partial charge in [-0.05, 0) is 42.8 Å². The van der Waals surface area contributed by atoms with Crippen LogP contribution in [0.3, 0.4) is 0 Å². The van der Waals surface area contributed by atoms with Crippen LogP contribution in [0.25, 0.3) is 11.3 Å². The summed E-state index contributed by atoms with van der Waals surface area (Å²) in [6.45, 7) is 1.96. The molecular formula is C16H15N5. The van der Waals surface area contributed by atoms with Gasteiger partial charge in [0.1, 0.15) is 0 Å². The number of hydrogen-bond acceptors (Lipinski definition) is 5. The molecule has 0 unspecified atom stereocenters. The van der Waals surface area contributed by atoms with E-state index in [-0.39, 0.29) is 0 Å². The Morgan fingerprint density at radius 1 is 1.05 bits per heavy atom. The van der Waals surface area contributed by atoms with E-state index in [1.807, 2.05) is 43.3 Å². The third-order valence-electron chi connectivity index (χ3n) is 3.24. The van der Waals surface area contributed by atoms with Crippen LogP contribution in [0.15, 0.2) is 55.0 Å². The fraction of sp³-hybridized carbons (Fsp3) is 0.0625. The fourth-order valence-electron chi connectivity index (χ4n) is 2.00. The Morgan fingerprint density at radius 2 is 1.95 bits per heavy atom. The maximum Gasteiger partial charge on any atom is 0.227 e. The van der Waals surface area contributed by atoms with Crippen molar-refractivity contribution in [2.75, 3.05) is 11.1 Å².